The Morgan fingerprint density at radius 3 is 2.23 bits per heavy atom. The number of Topliss-reactive ketones (excluding diaryl/α,β-unsaturated/α-hetero) is 1. The average Bonchev–Trinajstić information content (AvgIpc) is 2.97. The van der Waals surface area contributed by atoms with Crippen molar-refractivity contribution >= 4 is 17.4 Å². The van der Waals surface area contributed by atoms with Gasteiger partial charge in [0.05, 0.1) is 24.8 Å². The number of ketones is 1. The smallest absolute Gasteiger partial charge is 0.294 e. The van der Waals surface area contributed by atoms with Crippen molar-refractivity contribution in [1.82, 2.24) is 0 Å². The number of methoxy groups -OCH3 is 1. The van der Waals surface area contributed by atoms with Gasteiger partial charge in [-0.05, 0) is 44.2 Å². The van der Waals surface area contributed by atoms with Crippen molar-refractivity contribution < 1.29 is 24.2 Å². The number of benzene rings is 2. The molecule has 164 valence electrons. The van der Waals surface area contributed by atoms with Crippen LogP contribution in [0.25, 0.3) is 0 Å². The van der Waals surface area contributed by atoms with E-state index in [1.165, 1.54) is 12.0 Å². The number of rotatable bonds is 6. The first-order valence-corrected chi connectivity index (χ1v) is 10.3. The number of hydrogen-bond donors (Lipinski definition) is 1. The number of aliphatic hydroxyl groups is 1. The van der Waals surface area contributed by atoms with Crippen molar-refractivity contribution in [3.05, 3.63) is 65.4 Å². The molecule has 0 aromatic heterocycles. The molecule has 0 saturated carbocycles. The number of ether oxygens (including phenoxy) is 2. The molecule has 3 rings (SSSR count). The van der Waals surface area contributed by atoms with Crippen molar-refractivity contribution in [1.29, 1.82) is 0 Å². The van der Waals surface area contributed by atoms with E-state index in [1.807, 2.05) is 26.0 Å². The third-order valence-corrected chi connectivity index (χ3v) is 5.05. The zero-order valence-corrected chi connectivity index (χ0v) is 18.8. The molecule has 1 heterocycles. The van der Waals surface area contributed by atoms with E-state index in [4.69, 9.17) is 9.47 Å². The largest absolute Gasteiger partial charge is 0.503 e. The minimum Gasteiger partial charge on any atom is -0.503 e. The van der Waals surface area contributed by atoms with E-state index in [0.717, 1.165) is 0 Å². The summed E-state index contributed by atoms with van der Waals surface area (Å²) < 4.78 is 11.2. The van der Waals surface area contributed by atoms with E-state index >= 15 is 0 Å². The van der Waals surface area contributed by atoms with Gasteiger partial charge in [0.15, 0.2) is 11.5 Å². The van der Waals surface area contributed by atoms with Crippen molar-refractivity contribution in [2.24, 2.45) is 5.41 Å². The quantitative estimate of drug-likeness (QED) is 0.708. The molecule has 1 amide bonds. The zero-order chi connectivity index (χ0) is 22.9. The van der Waals surface area contributed by atoms with Crippen LogP contribution in [-0.4, -0.2) is 30.0 Å². The Kier molecular flexibility index (Phi) is 6.11. The van der Waals surface area contributed by atoms with Gasteiger partial charge in [-0.1, -0.05) is 39.0 Å². The van der Waals surface area contributed by atoms with Gasteiger partial charge in [-0.2, -0.15) is 0 Å². The predicted molar refractivity (Wildman–Crippen MR) is 120 cm³/mol. The zero-order valence-electron chi connectivity index (χ0n) is 18.8. The summed E-state index contributed by atoms with van der Waals surface area (Å²) in [6.07, 6.45) is 0.0160. The molecular weight excluding hydrogens is 394 g/mol. The molecule has 2 aromatic carbocycles. The van der Waals surface area contributed by atoms with Gasteiger partial charge in [0.25, 0.3) is 5.91 Å². The molecule has 6 nitrogen and oxygen atoms in total. The molecule has 6 heteroatoms. The first kappa shape index (κ1) is 22.4. The molecule has 0 fully saturated rings. The van der Waals surface area contributed by atoms with Gasteiger partial charge in [-0.25, -0.2) is 0 Å². The number of nitrogens with zero attached hydrogens (tertiary/aromatic N) is 1. The maximum Gasteiger partial charge on any atom is 0.294 e. The monoisotopic (exact) mass is 423 g/mol. The highest BCUT2D eigenvalue weighted by molar-refractivity contribution is 6.17. The maximum absolute atomic E-state index is 13.3. The van der Waals surface area contributed by atoms with Crippen LogP contribution in [0.3, 0.4) is 0 Å². The number of hydrogen-bond acceptors (Lipinski definition) is 5. The van der Waals surface area contributed by atoms with Gasteiger partial charge in [0.1, 0.15) is 11.5 Å². The third-order valence-electron chi connectivity index (χ3n) is 5.05. The van der Waals surface area contributed by atoms with Crippen LogP contribution >= 0.6 is 0 Å². The highest BCUT2D eigenvalue weighted by Gasteiger charge is 2.47. The predicted octanol–water partition coefficient (Wildman–Crippen LogP) is 5.00. The summed E-state index contributed by atoms with van der Waals surface area (Å²) in [7, 11) is 1.53. The third kappa shape index (κ3) is 4.29. The molecule has 0 bridgehead atoms. The Morgan fingerprint density at radius 2 is 1.68 bits per heavy atom. The minimum atomic E-state index is -0.813. The summed E-state index contributed by atoms with van der Waals surface area (Å²) in [6.45, 7) is 9.16. The van der Waals surface area contributed by atoms with Gasteiger partial charge < -0.3 is 14.6 Å². The Bertz CT molecular complexity index is 1010. The normalized spacial score (nSPS) is 16.8. The summed E-state index contributed by atoms with van der Waals surface area (Å²) in [6, 6.07) is 13.4. The molecule has 0 aliphatic carbocycles. The Labute approximate surface area is 183 Å². The van der Waals surface area contributed by atoms with Gasteiger partial charge in [0.2, 0.25) is 0 Å². The number of amides is 1. The fourth-order valence-electron chi connectivity index (χ4n) is 3.65. The maximum atomic E-state index is 13.3. The first-order valence-electron chi connectivity index (χ1n) is 10.3. The van der Waals surface area contributed by atoms with Crippen LogP contribution in [-0.2, 0) is 9.59 Å². The molecule has 1 aliphatic rings. The molecule has 1 unspecified atom stereocenters. The van der Waals surface area contributed by atoms with Gasteiger partial charge in [-0.3, -0.25) is 14.5 Å². The summed E-state index contributed by atoms with van der Waals surface area (Å²) in [5.41, 5.74) is 0.455. The summed E-state index contributed by atoms with van der Waals surface area (Å²) in [5.74, 6) is -0.253. The Hall–Kier alpha value is -3.28. The highest BCUT2D eigenvalue weighted by atomic mass is 16.5. The lowest BCUT2D eigenvalue weighted by atomic mass is 9.82. The Morgan fingerprint density at radius 1 is 1.06 bits per heavy atom. The van der Waals surface area contributed by atoms with Crippen molar-refractivity contribution in [2.75, 3.05) is 12.0 Å². The second kappa shape index (κ2) is 8.46. The minimum absolute atomic E-state index is 0.0160. The lowest BCUT2D eigenvalue weighted by Gasteiger charge is -2.30. The second-order valence-corrected chi connectivity index (χ2v) is 8.82. The van der Waals surface area contributed by atoms with Gasteiger partial charge in [-0.15, -0.1) is 0 Å². The van der Waals surface area contributed by atoms with E-state index in [9.17, 15) is 14.7 Å². The van der Waals surface area contributed by atoms with Crippen LogP contribution in [0.15, 0.2) is 59.9 Å². The van der Waals surface area contributed by atoms with Gasteiger partial charge in [0, 0.05) is 16.7 Å². The molecule has 1 aliphatic heterocycles. The number of anilines is 1. The summed E-state index contributed by atoms with van der Waals surface area (Å²) >= 11 is 0. The van der Waals surface area contributed by atoms with Crippen LogP contribution < -0.4 is 14.4 Å². The lowest BCUT2D eigenvalue weighted by Crippen LogP contribution is -2.33. The highest BCUT2D eigenvalue weighted by Crippen LogP contribution is 2.45. The van der Waals surface area contributed by atoms with Crippen molar-refractivity contribution in [2.45, 2.75) is 46.8 Å². The van der Waals surface area contributed by atoms with E-state index in [0.29, 0.717) is 22.7 Å². The van der Waals surface area contributed by atoms with E-state index < -0.39 is 23.1 Å². The number of carbonyl (C=O) groups is 2. The summed E-state index contributed by atoms with van der Waals surface area (Å²) in [4.78, 5) is 27.9. The molecule has 0 saturated heterocycles. The van der Waals surface area contributed by atoms with E-state index in [2.05, 4.69) is 0 Å². The molecular formula is C25H29NO5. The average molecular weight is 424 g/mol. The molecule has 1 atom stereocenters. The molecule has 1 N–H and O–H groups in total. The van der Waals surface area contributed by atoms with E-state index in [1.54, 1.807) is 57.2 Å². The van der Waals surface area contributed by atoms with Gasteiger partial charge >= 0.3 is 0 Å². The Balaban J connectivity index is 2.16. The van der Waals surface area contributed by atoms with Crippen LogP contribution in [0, 0.1) is 5.41 Å². The standard InChI is InChI=1S/C25H29NO5/c1-15(2)31-17-13-11-16(12-14-17)26-21(18-9-7-8-10-19(18)30-6)20(22(27)24(26)29)23(28)25(3,4)5/h7-15,21,27H,1-6H3. The van der Waals surface area contributed by atoms with Crippen molar-refractivity contribution in [3.63, 3.8) is 0 Å². The SMILES string of the molecule is COc1ccccc1C1C(C(=O)C(C)(C)C)=C(O)C(=O)N1c1ccc(OC(C)C)cc1. The van der Waals surface area contributed by atoms with Crippen LogP contribution in [0.4, 0.5) is 5.69 Å². The number of para-hydroxylation sites is 1. The second-order valence-electron chi connectivity index (χ2n) is 8.82. The van der Waals surface area contributed by atoms with E-state index in [-0.39, 0.29) is 17.5 Å². The number of carbonyl (C=O) groups excluding carboxylic acids is 2. The number of aliphatic hydroxyl groups excluding tert-OH is 1. The van der Waals surface area contributed by atoms with Crippen LogP contribution in [0.5, 0.6) is 11.5 Å². The fraction of sp³-hybridized carbons (Fsp3) is 0.360. The first-order chi connectivity index (χ1) is 14.6. The molecule has 2 aromatic rings. The molecule has 0 radical (unpaired) electrons. The fourth-order valence-corrected chi connectivity index (χ4v) is 3.65. The van der Waals surface area contributed by atoms with Crippen molar-refractivity contribution in [3.8, 4) is 11.5 Å². The topological polar surface area (TPSA) is 76.1 Å². The van der Waals surface area contributed by atoms with Crippen LogP contribution in [0.1, 0.15) is 46.2 Å². The molecule has 31 heavy (non-hydrogen) atoms. The molecule has 0 spiro atoms. The summed E-state index contributed by atoms with van der Waals surface area (Å²) in [5, 5.41) is 10.8. The van der Waals surface area contributed by atoms with Crippen LogP contribution in [0.2, 0.25) is 0 Å². The lowest BCUT2D eigenvalue weighted by molar-refractivity contribution is -0.123.